The van der Waals surface area contributed by atoms with Crippen LogP contribution in [-0.2, 0) is 22.6 Å². The number of epoxide rings is 1. The molecular formula is C34H32N4O5. The average Bonchev–Trinajstić information content (AvgIpc) is 3.64. The van der Waals surface area contributed by atoms with Crippen LogP contribution in [-0.4, -0.2) is 64.9 Å². The summed E-state index contributed by atoms with van der Waals surface area (Å²) in [5, 5.41) is 2.91. The number of hydrogen-bond acceptors (Lipinski definition) is 6. The van der Waals surface area contributed by atoms with Crippen molar-refractivity contribution < 1.29 is 23.9 Å². The molecule has 3 unspecified atom stereocenters. The Morgan fingerprint density at radius 2 is 1.53 bits per heavy atom. The minimum Gasteiger partial charge on any atom is -0.348 e. The van der Waals surface area contributed by atoms with Crippen molar-refractivity contribution in [3.05, 3.63) is 100 Å². The van der Waals surface area contributed by atoms with Gasteiger partial charge < -0.3 is 15.0 Å². The van der Waals surface area contributed by atoms with E-state index in [2.05, 4.69) is 22.3 Å². The largest absolute Gasteiger partial charge is 0.348 e. The third kappa shape index (κ3) is 4.54. The summed E-state index contributed by atoms with van der Waals surface area (Å²) in [5.74, 6) is -0.326. The van der Waals surface area contributed by atoms with Crippen molar-refractivity contribution in [1.29, 1.82) is 0 Å². The molecule has 0 aromatic heterocycles. The zero-order chi connectivity index (χ0) is 29.2. The van der Waals surface area contributed by atoms with Gasteiger partial charge in [0.15, 0.2) is 6.23 Å². The molecule has 0 radical (unpaired) electrons. The molecule has 3 aromatic carbocycles. The van der Waals surface area contributed by atoms with Gasteiger partial charge in [-0.15, -0.1) is 0 Å². The lowest BCUT2D eigenvalue weighted by Crippen LogP contribution is -2.46. The standard InChI is InChI=1S/C34H32N4O5/c39-30-28(10-11-29-31(35-30)43-29)37-19-23-17-22(8-9-25(23)32(37)40)21-12-14-36(15-13-21)18-20-4-3-5-24(16-20)38-33(41)26-6-1-2-7-27(26)34(38)42/h1-9,16-17,21,28-29,31H,10-15,18-19H2,(H,35,39). The molecule has 3 atom stereocenters. The summed E-state index contributed by atoms with van der Waals surface area (Å²) in [5.41, 5.74) is 5.53. The molecule has 218 valence electrons. The molecule has 9 nitrogen and oxygen atoms in total. The Hall–Kier alpha value is -4.34. The Labute approximate surface area is 249 Å². The van der Waals surface area contributed by atoms with E-state index in [1.807, 2.05) is 30.3 Å². The van der Waals surface area contributed by atoms with Crippen LogP contribution in [0.15, 0.2) is 66.7 Å². The molecule has 9 heteroatoms. The first-order chi connectivity index (χ1) is 20.9. The zero-order valence-electron chi connectivity index (χ0n) is 23.7. The Kier molecular flexibility index (Phi) is 6.20. The number of likely N-dealkylation sites (tertiary alicyclic amines) is 1. The fraction of sp³-hybridized carbons (Fsp3) is 0.353. The first kappa shape index (κ1) is 26.3. The quantitative estimate of drug-likeness (QED) is 0.366. The van der Waals surface area contributed by atoms with E-state index < -0.39 is 6.04 Å². The Bertz CT molecular complexity index is 1640. The molecule has 43 heavy (non-hydrogen) atoms. The second-order valence-electron chi connectivity index (χ2n) is 12.3. The van der Waals surface area contributed by atoms with Crippen LogP contribution in [0.5, 0.6) is 0 Å². The summed E-state index contributed by atoms with van der Waals surface area (Å²) in [6.07, 6.45) is 3.32. The van der Waals surface area contributed by atoms with Gasteiger partial charge in [0.25, 0.3) is 17.7 Å². The van der Waals surface area contributed by atoms with E-state index in [-0.39, 0.29) is 36.0 Å². The minimum atomic E-state index is -0.446. The van der Waals surface area contributed by atoms with E-state index in [4.69, 9.17) is 4.74 Å². The number of nitrogens with zero attached hydrogens (tertiary/aromatic N) is 3. The number of amides is 4. The number of benzene rings is 3. The number of rotatable bonds is 5. The Morgan fingerprint density at radius 1 is 0.767 bits per heavy atom. The predicted octanol–water partition coefficient (Wildman–Crippen LogP) is 3.83. The lowest BCUT2D eigenvalue weighted by atomic mass is 9.87. The van der Waals surface area contributed by atoms with E-state index in [0.29, 0.717) is 41.3 Å². The molecule has 0 spiro atoms. The highest BCUT2D eigenvalue weighted by atomic mass is 16.6. The average molecular weight is 577 g/mol. The summed E-state index contributed by atoms with van der Waals surface area (Å²) in [6, 6.07) is 20.4. The van der Waals surface area contributed by atoms with Crippen LogP contribution >= 0.6 is 0 Å². The summed E-state index contributed by atoms with van der Waals surface area (Å²) in [4.78, 5) is 57.3. The van der Waals surface area contributed by atoms with E-state index >= 15 is 0 Å². The summed E-state index contributed by atoms with van der Waals surface area (Å²) >= 11 is 0. The number of imide groups is 1. The summed E-state index contributed by atoms with van der Waals surface area (Å²) in [7, 11) is 0. The monoisotopic (exact) mass is 576 g/mol. The lowest BCUT2D eigenvalue weighted by molar-refractivity contribution is -0.126. The molecule has 3 fully saturated rings. The SMILES string of the molecule is O=C1NC2OC2CCC1N1Cc2cc(C3CCN(Cc4cccc(N5C(=O)c6ccccc6C5=O)c4)CC3)ccc2C1=O. The second-order valence-corrected chi connectivity index (χ2v) is 12.3. The van der Waals surface area contributed by atoms with E-state index in [0.717, 1.165) is 50.0 Å². The number of ether oxygens (including phenoxy) is 1. The van der Waals surface area contributed by atoms with E-state index in [9.17, 15) is 19.2 Å². The van der Waals surface area contributed by atoms with Crippen LogP contribution in [0.1, 0.15) is 79.4 Å². The number of anilines is 1. The summed E-state index contributed by atoms with van der Waals surface area (Å²) in [6.45, 7) is 3.07. The van der Waals surface area contributed by atoms with Crippen LogP contribution in [0.25, 0.3) is 0 Å². The molecule has 8 rings (SSSR count). The van der Waals surface area contributed by atoms with Crippen molar-refractivity contribution in [3.63, 3.8) is 0 Å². The van der Waals surface area contributed by atoms with Crippen LogP contribution in [0, 0.1) is 0 Å². The molecule has 0 bridgehead atoms. The molecule has 3 aromatic rings. The molecule has 0 aliphatic carbocycles. The normalized spacial score (nSPS) is 25.3. The van der Waals surface area contributed by atoms with Gasteiger partial charge in [-0.3, -0.25) is 24.1 Å². The van der Waals surface area contributed by atoms with Crippen molar-refractivity contribution in [3.8, 4) is 0 Å². The van der Waals surface area contributed by atoms with Crippen LogP contribution in [0.2, 0.25) is 0 Å². The van der Waals surface area contributed by atoms with Crippen molar-refractivity contribution in [2.24, 2.45) is 0 Å². The van der Waals surface area contributed by atoms with Gasteiger partial charge in [-0.1, -0.05) is 36.4 Å². The van der Waals surface area contributed by atoms with Gasteiger partial charge in [0, 0.05) is 18.7 Å². The molecule has 4 amide bonds. The molecule has 0 saturated carbocycles. The highest BCUT2D eigenvalue weighted by molar-refractivity contribution is 6.34. The van der Waals surface area contributed by atoms with Gasteiger partial charge in [-0.05, 0) is 91.7 Å². The third-order valence-corrected chi connectivity index (χ3v) is 9.66. The van der Waals surface area contributed by atoms with Crippen molar-refractivity contribution in [2.45, 2.75) is 63.1 Å². The van der Waals surface area contributed by atoms with Crippen molar-refractivity contribution in [1.82, 2.24) is 15.1 Å². The summed E-state index contributed by atoms with van der Waals surface area (Å²) < 4.78 is 5.43. The Balaban J connectivity index is 0.905. The van der Waals surface area contributed by atoms with Gasteiger partial charge in [-0.25, -0.2) is 4.90 Å². The van der Waals surface area contributed by atoms with E-state index in [1.54, 1.807) is 29.2 Å². The number of carbonyl (C=O) groups is 4. The van der Waals surface area contributed by atoms with E-state index in [1.165, 1.54) is 10.5 Å². The fourth-order valence-electron chi connectivity index (χ4n) is 7.25. The zero-order valence-corrected chi connectivity index (χ0v) is 23.7. The van der Waals surface area contributed by atoms with Crippen LogP contribution in [0.3, 0.4) is 0 Å². The third-order valence-electron chi connectivity index (χ3n) is 9.66. The first-order valence-electron chi connectivity index (χ1n) is 15.1. The van der Waals surface area contributed by atoms with Gasteiger partial charge in [0.05, 0.1) is 16.8 Å². The predicted molar refractivity (Wildman–Crippen MR) is 157 cm³/mol. The number of hydrogen-bond donors (Lipinski definition) is 1. The maximum absolute atomic E-state index is 13.2. The van der Waals surface area contributed by atoms with Gasteiger partial charge >= 0.3 is 0 Å². The molecule has 5 aliphatic heterocycles. The minimum absolute atomic E-state index is 0.0588. The topological polar surface area (TPSA) is 103 Å². The van der Waals surface area contributed by atoms with Gasteiger partial charge in [0.1, 0.15) is 12.1 Å². The maximum Gasteiger partial charge on any atom is 0.266 e. The Morgan fingerprint density at radius 3 is 2.30 bits per heavy atom. The first-order valence-corrected chi connectivity index (χ1v) is 15.1. The molecule has 3 saturated heterocycles. The van der Waals surface area contributed by atoms with Crippen molar-refractivity contribution >= 4 is 29.3 Å². The lowest BCUT2D eigenvalue weighted by Gasteiger charge is -2.32. The van der Waals surface area contributed by atoms with Crippen LogP contribution < -0.4 is 10.2 Å². The molecule has 1 N–H and O–H groups in total. The maximum atomic E-state index is 13.2. The molecule has 5 heterocycles. The fourth-order valence-corrected chi connectivity index (χ4v) is 7.25. The number of carbonyl (C=O) groups excluding carboxylic acids is 4. The highest BCUT2D eigenvalue weighted by Gasteiger charge is 2.47. The second kappa shape index (κ2) is 10.1. The molecular weight excluding hydrogens is 544 g/mol. The van der Waals surface area contributed by atoms with Crippen molar-refractivity contribution in [2.75, 3.05) is 18.0 Å². The number of nitrogens with one attached hydrogen (secondary N) is 1. The number of fused-ring (bicyclic) bond motifs is 3. The highest BCUT2D eigenvalue weighted by Crippen LogP contribution is 2.36. The smallest absolute Gasteiger partial charge is 0.266 e. The number of piperidine rings is 1. The van der Waals surface area contributed by atoms with Gasteiger partial charge in [0.2, 0.25) is 5.91 Å². The van der Waals surface area contributed by atoms with Crippen LogP contribution in [0.4, 0.5) is 5.69 Å². The van der Waals surface area contributed by atoms with Gasteiger partial charge in [-0.2, -0.15) is 0 Å². The molecule has 5 aliphatic rings.